The fourth-order valence-electron chi connectivity index (χ4n) is 1.74. The summed E-state index contributed by atoms with van der Waals surface area (Å²) in [7, 11) is 1.38. The van der Waals surface area contributed by atoms with E-state index >= 15 is 0 Å². The Morgan fingerprint density at radius 1 is 1.14 bits per heavy atom. The average Bonchev–Trinajstić information content (AvgIpc) is 2.48. The molecule has 6 heteroatoms. The number of non-ortho nitro benzene ring substituents is 1. The van der Waals surface area contributed by atoms with Crippen LogP contribution in [0.3, 0.4) is 0 Å². The van der Waals surface area contributed by atoms with Crippen LogP contribution in [-0.2, 0) is 0 Å². The largest absolute Gasteiger partial charge is 0.496 e. The normalized spacial score (nSPS) is 10.0. The van der Waals surface area contributed by atoms with Crippen LogP contribution in [-0.4, -0.2) is 18.0 Å². The quantitative estimate of drug-likeness (QED) is 0.373. The van der Waals surface area contributed by atoms with Gasteiger partial charge in [-0.05, 0) is 25.1 Å². The first kappa shape index (κ1) is 14.5. The number of nitrogens with zero attached hydrogens (tertiary/aromatic N) is 1. The van der Waals surface area contributed by atoms with Crippen LogP contribution in [0.5, 0.6) is 11.5 Å². The van der Waals surface area contributed by atoms with Crippen molar-refractivity contribution in [2.24, 2.45) is 0 Å². The van der Waals surface area contributed by atoms with E-state index in [4.69, 9.17) is 9.47 Å². The van der Waals surface area contributed by atoms with E-state index in [2.05, 4.69) is 0 Å². The van der Waals surface area contributed by atoms with Gasteiger partial charge in [0.2, 0.25) is 0 Å². The Kier molecular flexibility index (Phi) is 4.18. The van der Waals surface area contributed by atoms with E-state index in [0.29, 0.717) is 5.75 Å². The molecule has 0 aromatic heterocycles. The summed E-state index contributed by atoms with van der Waals surface area (Å²) in [5.41, 5.74) is 0.835. The van der Waals surface area contributed by atoms with Gasteiger partial charge < -0.3 is 9.47 Å². The van der Waals surface area contributed by atoms with Gasteiger partial charge in [0.15, 0.2) is 0 Å². The lowest BCUT2D eigenvalue weighted by Crippen LogP contribution is -2.10. The number of esters is 1. The Morgan fingerprint density at radius 3 is 2.38 bits per heavy atom. The molecule has 0 unspecified atom stereocenters. The van der Waals surface area contributed by atoms with Gasteiger partial charge in [-0.3, -0.25) is 10.1 Å². The molecule has 0 N–H and O–H groups in total. The Labute approximate surface area is 121 Å². The second kappa shape index (κ2) is 6.04. The van der Waals surface area contributed by atoms with Crippen molar-refractivity contribution in [3.05, 3.63) is 63.7 Å². The van der Waals surface area contributed by atoms with E-state index < -0.39 is 10.9 Å². The van der Waals surface area contributed by atoms with Crippen LogP contribution in [0.4, 0.5) is 5.69 Å². The molecule has 0 amide bonds. The zero-order valence-electron chi connectivity index (χ0n) is 11.5. The van der Waals surface area contributed by atoms with Crippen molar-refractivity contribution < 1.29 is 19.2 Å². The van der Waals surface area contributed by atoms with Gasteiger partial charge in [-0.2, -0.15) is 0 Å². The zero-order chi connectivity index (χ0) is 15.4. The number of carbonyl (C=O) groups is 1. The number of rotatable bonds is 4. The fraction of sp³-hybridized carbons (Fsp3) is 0.133. The van der Waals surface area contributed by atoms with E-state index in [-0.39, 0.29) is 17.0 Å². The molecule has 108 valence electrons. The summed E-state index contributed by atoms with van der Waals surface area (Å²) in [6.45, 7) is 1.91. The van der Waals surface area contributed by atoms with Crippen molar-refractivity contribution in [1.82, 2.24) is 0 Å². The standard InChI is InChI=1S/C15H13NO5/c1-10-3-6-12(7-4-10)21-15(17)13-9-11(16(18)19)5-8-14(13)20-2/h3-9H,1-2H3. The number of aryl methyl sites for hydroxylation is 1. The van der Waals surface area contributed by atoms with Crippen molar-refractivity contribution in [2.45, 2.75) is 6.92 Å². The summed E-state index contributed by atoms with van der Waals surface area (Å²) in [5.74, 6) is -0.128. The molecule has 21 heavy (non-hydrogen) atoms. The van der Waals surface area contributed by atoms with Gasteiger partial charge in [-0.1, -0.05) is 17.7 Å². The van der Waals surface area contributed by atoms with Crippen LogP contribution in [0.2, 0.25) is 0 Å². The van der Waals surface area contributed by atoms with Crippen LogP contribution in [0.1, 0.15) is 15.9 Å². The minimum absolute atomic E-state index is 0.00674. The third-order valence-electron chi connectivity index (χ3n) is 2.85. The van der Waals surface area contributed by atoms with Crippen LogP contribution in [0, 0.1) is 17.0 Å². The molecule has 2 aromatic carbocycles. The highest BCUT2D eigenvalue weighted by Gasteiger charge is 2.19. The average molecular weight is 287 g/mol. The Balaban J connectivity index is 2.30. The van der Waals surface area contributed by atoms with E-state index in [1.165, 1.54) is 19.2 Å². The molecule has 2 rings (SSSR count). The molecular weight excluding hydrogens is 274 g/mol. The van der Waals surface area contributed by atoms with E-state index in [0.717, 1.165) is 11.6 Å². The maximum Gasteiger partial charge on any atom is 0.347 e. The molecular formula is C15H13NO5. The molecule has 0 heterocycles. The van der Waals surface area contributed by atoms with Crippen molar-refractivity contribution >= 4 is 11.7 Å². The van der Waals surface area contributed by atoms with Gasteiger partial charge in [-0.25, -0.2) is 4.79 Å². The summed E-state index contributed by atoms with van der Waals surface area (Å²) in [4.78, 5) is 22.3. The zero-order valence-corrected chi connectivity index (χ0v) is 11.5. The van der Waals surface area contributed by atoms with E-state index in [1.807, 2.05) is 6.92 Å². The van der Waals surface area contributed by atoms with Crippen molar-refractivity contribution in [3.8, 4) is 11.5 Å². The Bertz CT molecular complexity index is 679. The third kappa shape index (κ3) is 3.36. The Hall–Kier alpha value is -2.89. The molecule has 0 fully saturated rings. The Morgan fingerprint density at radius 2 is 1.81 bits per heavy atom. The molecule has 0 aliphatic rings. The smallest absolute Gasteiger partial charge is 0.347 e. The number of methoxy groups -OCH3 is 1. The van der Waals surface area contributed by atoms with Crippen LogP contribution in [0.15, 0.2) is 42.5 Å². The number of benzene rings is 2. The van der Waals surface area contributed by atoms with Gasteiger partial charge >= 0.3 is 5.97 Å². The molecule has 2 aromatic rings. The third-order valence-corrected chi connectivity index (χ3v) is 2.85. The van der Waals surface area contributed by atoms with Crippen LogP contribution in [0.25, 0.3) is 0 Å². The van der Waals surface area contributed by atoms with E-state index in [9.17, 15) is 14.9 Å². The molecule has 6 nitrogen and oxygen atoms in total. The minimum Gasteiger partial charge on any atom is -0.496 e. The second-order valence-corrected chi connectivity index (χ2v) is 4.34. The summed E-state index contributed by atoms with van der Waals surface area (Å²) < 4.78 is 10.2. The first-order valence-electron chi connectivity index (χ1n) is 6.12. The van der Waals surface area contributed by atoms with Gasteiger partial charge in [0.25, 0.3) is 5.69 Å². The molecule has 0 saturated carbocycles. The maximum atomic E-state index is 12.1. The SMILES string of the molecule is COc1ccc([N+](=O)[O-])cc1C(=O)Oc1ccc(C)cc1. The lowest BCUT2D eigenvalue weighted by Gasteiger charge is -2.08. The molecule has 0 radical (unpaired) electrons. The molecule has 0 aliphatic heterocycles. The highest BCUT2D eigenvalue weighted by atomic mass is 16.6. The van der Waals surface area contributed by atoms with Crippen molar-refractivity contribution in [1.29, 1.82) is 0 Å². The number of carbonyl (C=O) groups excluding carboxylic acids is 1. The summed E-state index contributed by atoms with van der Waals surface area (Å²) in [5, 5.41) is 10.8. The lowest BCUT2D eigenvalue weighted by molar-refractivity contribution is -0.384. The molecule has 0 spiro atoms. The summed E-state index contributed by atoms with van der Waals surface area (Å²) >= 11 is 0. The molecule has 0 atom stereocenters. The fourth-order valence-corrected chi connectivity index (χ4v) is 1.74. The van der Waals surface area contributed by atoms with Gasteiger partial charge in [0.1, 0.15) is 17.1 Å². The molecule has 0 bridgehead atoms. The predicted molar refractivity (Wildman–Crippen MR) is 75.8 cm³/mol. The number of ether oxygens (including phenoxy) is 2. The number of nitro groups is 1. The number of nitro benzene ring substituents is 1. The lowest BCUT2D eigenvalue weighted by atomic mass is 10.1. The summed E-state index contributed by atoms with van der Waals surface area (Å²) in [6.07, 6.45) is 0. The number of hydrogen-bond acceptors (Lipinski definition) is 5. The minimum atomic E-state index is -0.709. The van der Waals surface area contributed by atoms with Gasteiger partial charge in [0.05, 0.1) is 12.0 Å². The highest BCUT2D eigenvalue weighted by Crippen LogP contribution is 2.25. The predicted octanol–water partition coefficient (Wildman–Crippen LogP) is 3.13. The molecule has 0 aliphatic carbocycles. The van der Waals surface area contributed by atoms with Crippen molar-refractivity contribution in [3.63, 3.8) is 0 Å². The maximum absolute atomic E-state index is 12.1. The van der Waals surface area contributed by atoms with Crippen LogP contribution < -0.4 is 9.47 Å². The van der Waals surface area contributed by atoms with Crippen molar-refractivity contribution in [2.75, 3.05) is 7.11 Å². The van der Waals surface area contributed by atoms with Crippen LogP contribution >= 0.6 is 0 Å². The molecule has 0 saturated heterocycles. The highest BCUT2D eigenvalue weighted by molar-refractivity contribution is 5.94. The topological polar surface area (TPSA) is 78.7 Å². The van der Waals surface area contributed by atoms with Gasteiger partial charge in [-0.15, -0.1) is 0 Å². The van der Waals surface area contributed by atoms with Gasteiger partial charge in [0, 0.05) is 12.1 Å². The second-order valence-electron chi connectivity index (χ2n) is 4.34. The monoisotopic (exact) mass is 287 g/mol. The first-order valence-corrected chi connectivity index (χ1v) is 6.12. The van der Waals surface area contributed by atoms with E-state index in [1.54, 1.807) is 24.3 Å². The summed E-state index contributed by atoms with van der Waals surface area (Å²) in [6, 6.07) is 10.7. The first-order chi connectivity index (χ1) is 10.0. The number of hydrogen-bond donors (Lipinski definition) is 0.